The Labute approximate surface area is 220 Å². The number of halogens is 1. The van der Waals surface area contributed by atoms with Gasteiger partial charge in [-0.3, -0.25) is 9.78 Å². The predicted octanol–water partition coefficient (Wildman–Crippen LogP) is 4.84. The lowest BCUT2D eigenvalue weighted by Crippen LogP contribution is -2.32. The van der Waals surface area contributed by atoms with E-state index in [0.29, 0.717) is 53.7 Å². The lowest BCUT2D eigenvalue weighted by Gasteiger charge is -2.25. The maximum absolute atomic E-state index is 13.6. The van der Waals surface area contributed by atoms with Gasteiger partial charge in [0.25, 0.3) is 0 Å². The van der Waals surface area contributed by atoms with E-state index in [9.17, 15) is 4.79 Å². The number of nitrogens with zero attached hydrogens (tertiary/aromatic N) is 4. The van der Waals surface area contributed by atoms with Gasteiger partial charge in [0, 0.05) is 48.9 Å². The zero-order valence-corrected chi connectivity index (χ0v) is 21.3. The molecule has 2 saturated heterocycles. The first-order chi connectivity index (χ1) is 18.1. The molecule has 0 radical (unpaired) electrons. The average Bonchev–Trinajstić information content (AvgIpc) is 3.40. The van der Waals surface area contributed by atoms with Gasteiger partial charge < -0.3 is 19.1 Å². The van der Waals surface area contributed by atoms with Crippen molar-refractivity contribution in [1.29, 1.82) is 0 Å². The van der Waals surface area contributed by atoms with Gasteiger partial charge in [-0.15, -0.1) is 0 Å². The molecule has 8 nitrogen and oxygen atoms in total. The average molecular weight is 521 g/mol. The van der Waals surface area contributed by atoms with Crippen LogP contribution in [0.15, 0.2) is 42.2 Å². The second-order valence-electron chi connectivity index (χ2n) is 9.84. The van der Waals surface area contributed by atoms with Crippen molar-refractivity contribution in [3.05, 3.63) is 58.6 Å². The smallest absolute Gasteiger partial charge is 0.231 e. The maximum atomic E-state index is 13.6. The molecule has 1 unspecified atom stereocenters. The lowest BCUT2D eigenvalue weighted by molar-refractivity contribution is -0.118. The van der Waals surface area contributed by atoms with Crippen LogP contribution in [0.25, 0.3) is 17.0 Å². The molecule has 2 aromatic heterocycles. The number of carbonyl (C=O) groups is 1. The lowest BCUT2D eigenvalue weighted by atomic mass is 9.88. The standard InChI is InChI=1S/C28H29ClN4O4/c29-22-1-2-23-24(13-22)31-26(32-28(23)37-17-18-4-8-36-16-18)15-33-25-14-30-7-3-20(25)11-21(12-27(33)34)19-5-9-35-10-6-19/h1-3,7,11,13-14,18-19H,4-6,8-10,12,15-17H2. The summed E-state index contributed by atoms with van der Waals surface area (Å²) in [5, 5.41) is 1.37. The Morgan fingerprint density at radius 2 is 1.95 bits per heavy atom. The number of hydrogen-bond acceptors (Lipinski definition) is 7. The molecule has 192 valence electrons. The fourth-order valence-electron chi connectivity index (χ4n) is 5.26. The Kier molecular flexibility index (Phi) is 7.04. The van der Waals surface area contributed by atoms with Crippen LogP contribution in [0.4, 0.5) is 5.69 Å². The molecule has 0 aliphatic carbocycles. The second-order valence-corrected chi connectivity index (χ2v) is 10.3. The molecule has 37 heavy (non-hydrogen) atoms. The van der Waals surface area contributed by atoms with Gasteiger partial charge in [0.05, 0.1) is 42.5 Å². The van der Waals surface area contributed by atoms with Crippen LogP contribution >= 0.6 is 11.6 Å². The number of carbonyl (C=O) groups excluding carboxylic acids is 1. The molecular formula is C28H29ClN4O4. The first-order valence-corrected chi connectivity index (χ1v) is 13.2. The number of amides is 1. The van der Waals surface area contributed by atoms with Gasteiger partial charge in [-0.2, -0.15) is 4.98 Å². The van der Waals surface area contributed by atoms with Crippen molar-refractivity contribution in [1.82, 2.24) is 15.0 Å². The second kappa shape index (κ2) is 10.7. The van der Waals surface area contributed by atoms with E-state index < -0.39 is 0 Å². The fraction of sp³-hybridized carbons (Fsp3) is 0.429. The van der Waals surface area contributed by atoms with Crippen LogP contribution in [-0.4, -0.2) is 53.9 Å². The highest BCUT2D eigenvalue weighted by atomic mass is 35.5. The Bertz CT molecular complexity index is 1340. The van der Waals surface area contributed by atoms with Crippen molar-refractivity contribution < 1.29 is 19.0 Å². The Hall–Kier alpha value is -3.07. The minimum atomic E-state index is 0.00450. The highest BCUT2D eigenvalue weighted by molar-refractivity contribution is 6.31. The molecule has 3 aliphatic rings. The van der Waals surface area contributed by atoms with Crippen LogP contribution in [0.5, 0.6) is 5.88 Å². The molecule has 1 aromatic carbocycles. The Balaban J connectivity index is 1.32. The van der Waals surface area contributed by atoms with Crippen LogP contribution in [0.3, 0.4) is 0 Å². The van der Waals surface area contributed by atoms with Crippen LogP contribution in [0.2, 0.25) is 5.02 Å². The van der Waals surface area contributed by atoms with E-state index in [1.54, 1.807) is 23.4 Å². The maximum Gasteiger partial charge on any atom is 0.231 e. The van der Waals surface area contributed by atoms with Crippen molar-refractivity contribution >= 4 is 40.2 Å². The molecule has 0 bridgehead atoms. The van der Waals surface area contributed by atoms with Crippen molar-refractivity contribution in [3.63, 3.8) is 0 Å². The summed E-state index contributed by atoms with van der Waals surface area (Å²) >= 11 is 6.29. The SMILES string of the molecule is O=C1CC(C2CCOCC2)=Cc2ccncc2N1Cc1nc(OCC2CCOC2)c2ccc(Cl)cc2n1. The zero-order valence-electron chi connectivity index (χ0n) is 20.6. The van der Waals surface area contributed by atoms with Crippen LogP contribution in [-0.2, 0) is 20.8 Å². The third-order valence-corrected chi connectivity index (χ3v) is 7.55. The highest BCUT2D eigenvalue weighted by Crippen LogP contribution is 2.35. The Morgan fingerprint density at radius 1 is 1.08 bits per heavy atom. The first kappa shape index (κ1) is 24.3. The molecule has 1 atom stereocenters. The molecule has 0 N–H and O–H groups in total. The van der Waals surface area contributed by atoms with Crippen LogP contribution < -0.4 is 9.64 Å². The van der Waals surface area contributed by atoms with Crippen molar-refractivity contribution in [2.75, 3.05) is 37.9 Å². The number of aromatic nitrogens is 3. The molecule has 9 heteroatoms. The molecule has 3 aliphatic heterocycles. The van der Waals surface area contributed by atoms with Gasteiger partial charge in [0.1, 0.15) is 0 Å². The number of pyridine rings is 1. The van der Waals surface area contributed by atoms with Gasteiger partial charge in [-0.05, 0) is 49.4 Å². The number of hydrogen-bond donors (Lipinski definition) is 0. The molecule has 3 aromatic rings. The monoisotopic (exact) mass is 520 g/mol. The number of ether oxygens (including phenoxy) is 3. The predicted molar refractivity (Wildman–Crippen MR) is 141 cm³/mol. The molecule has 0 spiro atoms. The third kappa shape index (κ3) is 5.32. The van der Waals surface area contributed by atoms with Gasteiger partial charge in [-0.1, -0.05) is 23.3 Å². The summed E-state index contributed by atoms with van der Waals surface area (Å²) in [4.78, 5) is 29.2. The summed E-state index contributed by atoms with van der Waals surface area (Å²) in [5.41, 5.74) is 3.57. The van der Waals surface area contributed by atoms with Gasteiger partial charge in [-0.25, -0.2) is 4.98 Å². The first-order valence-electron chi connectivity index (χ1n) is 12.8. The zero-order chi connectivity index (χ0) is 25.2. The highest BCUT2D eigenvalue weighted by Gasteiger charge is 2.29. The third-order valence-electron chi connectivity index (χ3n) is 7.32. The molecule has 5 heterocycles. The van der Waals surface area contributed by atoms with Crippen molar-refractivity contribution in [3.8, 4) is 5.88 Å². The summed E-state index contributed by atoms with van der Waals surface area (Å²) in [6, 6.07) is 7.45. The van der Waals surface area contributed by atoms with Gasteiger partial charge in [0.2, 0.25) is 11.8 Å². The molecule has 2 fully saturated rings. The van der Waals surface area contributed by atoms with E-state index in [1.807, 2.05) is 18.2 Å². The number of benzene rings is 1. The topological polar surface area (TPSA) is 86.7 Å². The van der Waals surface area contributed by atoms with Crippen LogP contribution in [0.1, 0.15) is 37.1 Å². The largest absolute Gasteiger partial charge is 0.477 e. The van der Waals surface area contributed by atoms with E-state index in [1.165, 1.54) is 0 Å². The van der Waals surface area contributed by atoms with Gasteiger partial charge >= 0.3 is 0 Å². The van der Waals surface area contributed by atoms with Gasteiger partial charge in [0.15, 0.2) is 5.82 Å². The summed E-state index contributed by atoms with van der Waals surface area (Å²) in [5.74, 6) is 1.67. The van der Waals surface area contributed by atoms with Crippen molar-refractivity contribution in [2.45, 2.75) is 32.2 Å². The quantitative estimate of drug-likeness (QED) is 0.459. The summed E-state index contributed by atoms with van der Waals surface area (Å²) in [6.07, 6.45) is 8.84. The van der Waals surface area contributed by atoms with Crippen molar-refractivity contribution in [2.24, 2.45) is 11.8 Å². The Morgan fingerprint density at radius 3 is 2.78 bits per heavy atom. The summed E-state index contributed by atoms with van der Waals surface area (Å²) < 4.78 is 17.2. The molecule has 1 amide bonds. The molecule has 0 saturated carbocycles. The number of rotatable bonds is 6. The van der Waals surface area contributed by atoms with E-state index >= 15 is 0 Å². The van der Waals surface area contributed by atoms with E-state index in [-0.39, 0.29) is 12.5 Å². The normalized spacial score (nSPS) is 20.6. The molecule has 6 rings (SSSR count). The number of anilines is 1. The summed E-state index contributed by atoms with van der Waals surface area (Å²) in [6.45, 7) is 3.63. The minimum Gasteiger partial charge on any atom is -0.477 e. The van der Waals surface area contributed by atoms with E-state index in [0.717, 1.165) is 61.3 Å². The number of fused-ring (bicyclic) bond motifs is 2. The minimum absolute atomic E-state index is 0.00450. The molecular weight excluding hydrogens is 492 g/mol. The fourth-order valence-corrected chi connectivity index (χ4v) is 5.42. The van der Waals surface area contributed by atoms with E-state index in [4.69, 9.17) is 35.8 Å². The summed E-state index contributed by atoms with van der Waals surface area (Å²) in [7, 11) is 0. The van der Waals surface area contributed by atoms with Crippen LogP contribution in [0, 0.1) is 11.8 Å². The van der Waals surface area contributed by atoms with E-state index in [2.05, 4.69) is 11.1 Å².